The maximum Gasteiger partial charge on any atom is 0.221 e. The second kappa shape index (κ2) is 7.26. The number of anilines is 2. The molecule has 0 spiro atoms. The monoisotopic (exact) mass is 276 g/mol. The van der Waals surface area contributed by atoms with Crippen LogP contribution in [0.3, 0.4) is 0 Å². The average Bonchev–Trinajstić information content (AvgIpc) is 2.41. The highest BCUT2D eigenvalue weighted by molar-refractivity contribution is 5.89. The van der Waals surface area contributed by atoms with Gasteiger partial charge in [-0.25, -0.2) is 0 Å². The van der Waals surface area contributed by atoms with Crippen molar-refractivity contribution in [2.45, 2.75) is 6.92 Å². The summed E-state index contributed by atoms with van der Waals surface area (Å²) in [5.41, 5.74) is 1.88. The molecule has 110 valence electrons. The van der Waals surface area contributed by atoms with Crippen LogP contribution in [0.2, 0.25) is 0 Å². The van der Waals surface area contributed by atoms with Gasteiger partial charge in [0.15, 0.2) is 0 Å². The maximum atomic E-state index is 11.0. The Bertz CT molecular complexity index is 441. The van der Waals surface area contributed by atoms with Gasteiger partial charge >= 0.3 is 0 Å². The number of hydrogen-bond donors (Lipinski definition) is 2. The zero-order valence-electron chi connectivity index (χ0n) is 12.4. The van der Waals surface area contributed by atoms with Gasteiger partial charge in [-0.2, -0.15) is 0 Å². The Balaban J connectivity index is 1.75. The second-order valence-corrected chi connectivity index (χ2v) is 5.33. The van der Waals surface area contributed by atoms with Crippen LogP contribution < -0.4 is 10.6 Å². The molecule has 5 heteroatoms. The van der Waals surface area contributed by atoms with Crippen molar-refractivity contribution in [3.05, 3.63) is 24.3 Å². The van der Waals surface area contributed by atoms with Crippen molar-refractivity contribution in [3.63, 3.8) is 0 Å². The maximum absolute atomic E-state index is 11.0. The summed E-state index contributed by atoms with van der Waals surface area (Å²) in [6.45, 7) is 8.09. The average molecular weight is 276 g/mol. The van der Waals surface area contributed by atoms with Crippen LogP contribution in [0.5, 0.6) is 0 Å². The first-order chi connectivity index (χ1) is 9.63. The molecule has 0 atom stereocenters. The van der Waals surface area contributed by atoms with Crippen molar-refractivity contribution in [2.24, 2.45) is 0 Å². The van der Waals surface area contributed by atoms with Crippen molar-refractivity contribution in [2.75, 3.05) is 56.9 Å². The molecule has 0 saturated carbocycles. The van der Waals surface area contributed by atoms with Gasteiger partial charge in [-0.05, 0) is 25.2 Å². The first kappa shape index (κ1) is 14.8. The van der Waals surface area contributed by atoms with E-state index in [9.17, 15) is 4.79 Å². The summed E-state index contributed by atoms with van der Waals surface area (Å²) < 4.78 is 0. The highest BCUT2D eigenvalue weighted by Gasteiger charge is 2.12. The van der Waals surface area contributed by atoms with Gasteiger partial charge in [0, 0.05) is 57.6 Å². The molecule has 0 aromatic heterocycles. The number of hydrogen-bond acceptors (Lipinski definition) is 4. The summed E-state index contributed by atoms with van der Waals surface area (Å²) in [4.78, 5) is 15.9. The van der Waals surface area contributed by atoms with Gasteiger partial charge in [-0.15, -0.1) is 0 Å². The molecule has 1 amide bonds. The van der Waals surface area contributed by atoms with Crippen LogP contribution in [0.15, 0.2) is 24.3 Å². The third-order valence-corrected chi connectivity index (χ3v) is 3.54. The van der Waals surface area contributed by atoms with Crippen LogP contribution >= 0.6 is 0 Å². The fourth-order valence-electron chi connectivity index (χ4n) is 2.34. The summed E-state index contributed by atoms with van der Waals surface area (Å²) in [6, 6.07) is 7.83. The Morgan fingerprint density at radius 1 is 1.20 bits per heavy atom. The molecule has 0 unspecified atom stereocenters. The molecule has 0 bridgehead atoms. The smallest absolute Gasteiger partial charge is 0.221 e. The number of likely N-dealkylation sites (N-methyl/N-ethyl adjacent to an activating group) is 1. The molecule has 1 aliphatic heterocycles. The molecule has 1 aromatic carbocycles. The van der Waals surface area contributed by atoms with Gasteiger partial charge in [-0.1, -0.05) is 6.07 Å². The van der Waals surface area contributed by atoms with Gasteiger partial charge in [0.2, 0.25) is 5.91 Å². The number of carbonyl (C=O) groups is 1. The van der Waals surface area contributed by atoms with Crippen molar-refractivity contribution >= 4 is 17.3 Å². The second-order valence-electron chi connectivity index (χ2n) is 5.33. The molecule has 1 heterocycles. The molecular formula is C15H24N4O. The van der Waals surface area contributed by atoms with E-state index in [1.807, 2.05) is 24.3 Å². The number of nitrogens with one attached hydrogen (secondary N) is 2. The van der Waals surface area contributed by atoms with E-state index in [0.717, 1.165) is 50.6 Å². The zero-order valence-corrected chi connectivity index (χ0v) is 12.4. The van der Waals surface area contributed by atoms with Gasteiger partial charge in [0.05, 0.1) is 0 Å². The fourth-order valence-corrected chi connectivity index (χ4v) is 2.34. The van der Waals surface area contributed by atoms with Gasteiger partial charge in [-0.3, -0.25) is 9.69 Å². The summed E-state index contributed by atoms with van der Waals surface area (Å²) >= 11 is 0. The Labute approximate surface area is 120 Å². The van der Waals surface area contributed by atoms with E-state index in [1.165, 1.54) is 6.92 Å². The Morgan fingerprint density at radius 2 is 1.90 bits per heavy atom. The molecule has 5 nitrogen and oxygen atoms in total. The predicted molar refractivity (Wildman–Crippen MR) is 83.2 cm³/mol. The Kier molecular flexibility index (Phi) is 5.38. The molecule has 0 radical (unpaired) electrons. The number of nitrogens with zero attached hydrogens (tertiary/aromatic N) is 2. The lowest BCUT2D eigenvalue weighted by Crippen LogP contribution is -2.45. The highest BCUT2D eigenvalue weighted by Crippen LogP contribution is 2.14. The quantitative estimate of drug-likeness (QED) is 0.851. The van der Waals surface area contributed by atoms with Crippen LogP contribution in [0.25, 0.3) is 0 Å². The Morgan fingerprint density at radius 3 is 2.60 bits per heavy atom. The molecule has 1 saturated heterocycles. The lowest BCUT2D eigenvalue weighted by molar-refractivity contribution is -0.114. The molecule has 0 aliphatic carbocycles. The van der Waals surface area contributed by atoms with Crippen LogP contribution in [0.4, 0.5) is 11.4 Å². The minimum Gasteiger partial charge on any atom is -0.384 e. The first-order valence-electron chi connectivity index (χ1n) is 7.16. The molecule has 1 aliphatic rings. The number of rotatable bonds is 5. The summed E-state index contributed by atoms with van der Waals surface area (Å²) in [5.74, 6) is -0.0420. The van der Waals surface area contributed by atoms with Crippen molar-refractivity contribution in [1.29, 1.82) is 0 Å². The highest BCUT2D eigenvalue weighted by atomic mass is 16.1. The van der Waals surface area contributed by atoms with E-state index in [4.69, 9.17) is 0 Å². The van der Waals surface area contributed by atoms with Gasteiger partial charge < -0.3 is 15.5 Å². The first-order valence-corrected chi connectivity index (χ1v) is 7.16. The third kappa shape index (κ3) is 4.83. The minimum absolute atomic E-state index is 0.0420. The van der Waals surface area contributed by atoms with Crippen LogP contribution in [0.1, 0.15) is 6.92 Å². The van der Waals surface area contributed by atoms with E-state index in [2.05, 4.69) is 27.5 Å². The van der Waals surface area contributed by atoms with Gasteiger partial charge in [0.1, 0.15) is 0 Å². The number of benzene rings is 1. The minimum atomic E-state index is -0.0420. The Hall–Kier alpha value is -1.59. The van der Waals surface area contributed by atoms with Crippen molar-refractivity contribution < 1.29 is 4.79 Å². The van der Waals surface area contributed by atoms with Gasteiger partial charge in [0.25, 0.3) is 0 Å². The summed E-state index contributed by atoms with van der Waals surface area (Å²) in [6.07, 6.45) is 0. The van der Waals surface area contributed by atoms with E-state index in [0.29, 0.717) is 0 Å². The largest absolute Gasteiger partial charge is 0.384 e. The normalized spacial score (nSPS) is 16.9. The standard InChI is InChI=1S/C15H24N4O/c1-13(20)17-15-5-3-4-14(12-15)16-6-7-19-10-8-18(2)9-11-19/h3-5,12,16H,6-11H2,1-2H3,(H,17,20). The van der Waals surface area contributed by atoms with Crippen LogP contribution in [-0.2, 0) is 4.79 Å². The number of piperazine rings is 1. The van der Waals surface area contributed by atoms with E-state index < -0.39 is 0 Å². The molecular weight excluding hydrogens is 252 g/mol. The lowest BCUT2D eigenvalue weighted by Gasteiger charge is -2.32. The number of carbonyl (C=O) groups excluding carboxylic acids is 1. The van der Waals surface area contributed by atoms with E-state index in [1.54, 1.807) is 0 Å². The fraction of sp³-hybridized carbons (Fsp3) is 0.533. The molecule has 20 heavy (non-hydrogen) atoms. The van der Waals surface area contributed by atoms with Crippen LogP contribution in [-0.4, -0.2) is 62.0 Å². The van der Waals surface area contributed by atoms with E-state index in [-0.39, 0.29) is 5.91 Å². The topological polar surface area (TPSA) is 47.6 Å². The number of amides is 1. The lowest BCUT2D eigenvalue weighted by atomic mass is 10.2. The zero-order chi connectivity index (χ0) is 14.4. The van der Waals surface area contributed by atoms with Crippen LogP contribution in [0, 0.1) is 0 Å². The van der Waals surface area contributed by atoms with Crippen molar-refractivity contribution in [1.82, 2.24) is 9.80 Å². The SMILES string of the molecule is CC(=O)Nc1cccc(NCCN2CCN(C)CC2)c1. The van der Waals surface area contributed by atoms with E-state index >= 15 is 0 Å². The third-order valence-electron chi connectivity index (χ3n) is 3.54. The van der Waals surface area contributed by atoms with Crippen molar-refractivity contribution in [3.8, 4) is 0 Å². The summed E-state index contributed by atoms with van der Waals surface area (Å²) in [7, 11) is 2.17. The molecule has 1 aromatic rings. The summed E-state index contributed by atoms with van der Waals surface area (Å²) in [5, 5.41) is 6.21. The molecule has 1 fully saturated rings. The molecule has 2 rings (SSSR count). The predicted octanol–water partition coefficient (Wildman–Crippen LogP) is 1.30. The molecule has 2 N–H and O–H groups in total.